The highest BCUT2D eigenvalue weighted by Gasteiger charge is 2.23. The zero-order chi connectivity index (χ0) is 10.7. The molecule has 0 saturated heterocycles. The van der Waals surface area contributed by atoms with E-state index in [0.29, 0.717) is 0 Å². The van der Waals surface area contributed by atoms with Gasteiger partial charge >= 0.3 is 0 Å². The fraction of sp³-hybridized carbons (Fsp3) is 0.500. The molecule has 0 spiro atoms. The molecule has 0 radical (unpaired) electrons. The Balaban J connectivity index is 2.00. The van der Waals surface area contributed by atoms with E-state index in [1.54, 1.807) is 0 Å². The lowest BCUT2D eigenvalue weighted by atomic mass is 10.1. The van der Waals surface area contributed by atoms with Crippen LogP contribution in [-0.2, 0) is 6.42 Å². The van der Waals surface area contributed by atoms with Crippen molar-refractivity contribution in [3.05, 3.63) is 28.8 Å². The summed E-state index contributed by atoms with van der Waals surface area (Å²) in [5.41, 5.74) is 1.31. The fourth-order valence-corrected chi connectivity index (χ4v) is 2.82. The zero-order valence-electron chi connectivity index (χ0n) is 8.92. The van der Waals surface area contributed by atoms with Crippen LogP contribution < -0.4 is 5.32 Å². The second kappa shape index (κ2) is 5.24. The van der Waals surface area contributed by atoms with Crippen LogP contribution in [0.15, 0.2) is 23.1 Å². The third-order valence-electron chi connectivity index (χ3n) is 2.48. The van der Waals surface area contributed by atoms with E-state index in [2.05, 4.69) is 23.5 Å². The minimum Gasteiger partial charge on any atom is -0.319 e. The van der Waals surface area contributed by atoms with Crippen LogP contribution in [0.3, 0.4) is 0 Å². The maximum absolute atomic E-state index is 6.24. The van der Waals surface area contributed by atoms with Gasteiger partial charge in [0.25, 0.3) is 0 Å². The van der Waals surface area contributed by atoms with Gasteiger partial charge in [0.1, 0.15) is 0 Å². The monoisotopic (exact) mass is 241 g/mol. The Morgan fingerprint density at radius 1 is 1.47 bits per heavy atom. The Hall–Kier alpha value is -0.180. The molecular weight excluding hydrogens is 226 g/mol. The van der Waals surface area contributed by atoms with Crippen LogP contribution >= 0.6 is 23.4 Å². The summed E-state index contributed by atoms with van der Waals surface area (Å²) in [6, 6.07) is 6.45. The molecule has 0 amide bonds. The van der Waals surface area contributed by atoms with Gasteiger partial charge in [0.05, 0.1) is 5.02 Å². The van der Waals surface area contributed by atoms with Gasteiger partial charge in [-0.2, -0.15) is 0 Å². The highest BCUT2D eigenvalue weighted by atomic mass is 35.5. The van der Waals surface area contributed by atoms with Crippen molar-refractivity contribution in [2.24, 2.45) is 0 Å². The molecule has 1 fully saturated rings. The van der Waals surface area contributed by atoms with Crippen LogP contribution in [0.2, 0.25) is 5.02 Å². The molecule has 1 aromatic carbocycles. The second-order valence-electron chi connectivity index (χ2n) is 3.94. The van der Waals surface area contributed by atoms with E-state index >= 15 is 0 Å². The smallest absolute Gasteiger partial charge is 0.0544 e. The van der Waals surface area contributed by atoms with Gasteiger partial charge in [-0.05, 0) is 50.6 Å². The number of likely N-dealkylation sites (N-methyl/N-ethyl adjacent to an activating group) is 1. The van der Waals surface area contributed by atoms with E-state index in [9.17, 15) is 0 Å². The summed E-state index contributed by atoms with van der Waals surface area (Å²) in [6.45, 7) is 1.01. The molecule has 1 N–H and O–H groups in total. The van der Waals surface area contributed by atoms with E-state index in [-0.39, 0.29) is 0 Å². The quantitative estimate of drug-likeness (QED) is 0.849. The minimum absolute atomic E-state index is 0.825. The average Bonchev–Trinajstić information content (AvgIpc) is 3.02. The first-order valence-electron chi connectivity index (χ1n) is 5.39. The van der Waals surface area contributed by atoms with Gasteiger partial charge in [-0.25, -0.2) is 0 Å². The first-order valence-corrected chi connectivity index (χ1v) is 6.65. The molecule has 3 heteroatoms. The second-order valence-corrected chi connectivity index (χ2v) is 5.68. The van der Waals surface area contributed by atoms with Crippen molar-refractivity contribution in [2.45, 2.75) is 29.4 Å². The van der Waals surface area contributed by atoms with E-state index in [1.165, 1.54) is 23.3 Å². The van der Waals surface area contributed by atoms with Crippen molar-refractivity contribution < 1.29 is 0 Å². The molecule has 15 heavy (non-hydrogen) atoms. The van der Waals surface area contributed by atoms with Crippen molar-refractivity contribution in [3.63, 3.8) is 0 Å². The van der Waals surface area contributed by atoms with Gasteiger partial charge in [-0.15, -0.1) is 11.8 Å². The van der Waals surface area contributed by atoms with E-state index in [1.807, 2.05) is 18.8 Å². The fourth-order valence-electron chi connectivity index (χ4n) is 1.43. The average molecular weight is 242 g/mol. The predicted molar refractivity (Wildman–Crippen MR) is 68.0 cm³/mol. The molecule has 0 heterocycles. The summed E-state index contributed by atoms with van der Waals surface area (Å²) in [5.74, 6) is 0. The Labute approximate surface area is 101 Å². The van der Waals surface area contributed by atoms with Gasteiger partial charge in [0, 0.05) is 10.1 Å². The number of thioether (sulfide) groups is 1. The summed E-state index contributed by atoms with van der Waals surface area (Å²) in [5, 5.41) is 4.89. The number of benzene rings is 1. The number of nitrogens with one attached hydrogen (secondary N) is 1. The lowest BCUT2D eigenvalue weighted by Crippen LogP contribution is -2.10. The molecule has 0 aliphatic heterocycles. The van der Waals surface area contributed by atoms with Crippen LogP contribution in [0.1, 0.15) is 18.4 Å². The molecular formula is C12H16ClNS. The third-order valence-corrected chi connectivity index (χ3v) is 4.32. The normalized spacial score (nSPS) is 15.6. The number of rotatable bonds is 5. The van der Waals surface area contributed by atoms with Crippen molar-refractivity contribution in [1.29, 1.82) is 0 Å². The van der Waals surface area contributed by atoms with Crippen LogP contribution in [-0.4, -0.2) is 18.8 Å². The summed E-state index contributed by atoms with van der Waals surface area (Å²) in [6.07, 6.45) is 3.75. The summed E-state index contributed by atoms with van der Waals surface area (Å²) in [7, 11) is 1.97. The molecule has 2 rings (SSSR count). The molecule has 0 atom stereocenters. The Morgan fingerprint density at radius 2 is 2.27 bits per heavy atom. The first kappa shape index (κ1) is 11.3. The van der Waals surface area contributed by atoms with Crippen LogP contribution in [0, 0.1) is 0 Å². The van der Waals surface area contributed by atoms with Gasteiger partial charge in [0.15, 0.2) is 0 Å². The maximum Gasteiger partial charge on any atom is 0.0544 e. The number of halogens is 1. The van der Waals surface area contributed by atoms with E-state index < -0.39 is 0 Å². The molecule has 0 aromatic heterocycles. The Morgan fingerprint density at radius 3 is 2.87 bits per heavy atom. The maximum atomic E-state index is 6.24. The summed E-state index contributed by atoms with van der Waals surface area (Å²) >= 11 is 8.16. The lowest BCUT2D eigenvalue weighted by Gasteiger charge is -2.06. The molecule has 1 aliphatic rings. The van der Waals surface area contributed by atoms with Crippen LogP contribution in [0.25, 0.3) is 0 Å². The Bertz CT molecular complexity index is 336. The number of hydrogen-bond acceptors (Lipinski definition) is 2. The standard InChI is InChI=1S/C12H16ClNS/c1-14-7-6-9-2-5-12(11(13)8-9)15-10-3-4-10/h2,5,8,10,14H,3-4,6-7H2,1H3. The van der Waals surface area contributed by atoms with Gasteiger partial charge in [0.2, 0.25) is 0 Å². The lowest BCUT2D eigenvalue weighted by molar-refractivity contribution is 0.791. The molecule has 1 aliphatic carbocycles. The van der Waals surface area contributed by atoms with E-state index in [4.69, 9.17) is 11.6 Å². The minimum atomic E-state index is 0.825. The van der Waals surface area contributed by atoms with Crippen molar-refractivity contribution in [1.82, 2.24) is 5.32 Å². The van der Waals surface area contributed by atoms with Crippen molar-refractivity contribution >= 4 is 23.4 Å². The van der Waals surface area contributed by atoms with Crippen molar-refractivity contribution in [2.75, 3.05) is 13.6 Å². The highest BCUT2D eigenvalue weighted by Crippen LogP contribution is 2.41. The Kier molecular flexibility index (Phi) is 3.95. The van der Waals surface area contributed by atoms with Crippen LogP contribution in [0.5, 0.6) is 0 Å². The molecule has 1 nitrogen and oxygen atoms in total. The van der Waals surface area contributed by atoms with Gasteiger partial charge in [-0.1, -0.05) is 17.7 Å². The topological polar surface area (TPSA) is 12.0 Å². The van der Waals surface area contributed by atoms with Crippen molar-refractivity contribution in [3.8, 4) is 0 Å². The molecule has 1 aromatic rings. The highest BCUT2D eigenvalue weighted by molar-refractivity contribution is 8.00. The predicted octanol–water partition coefficient (Wildman–Crippen LogP) is 3.36. The first-order chi connectivity index (χ1) is 7.29. The van der Waals surface area contributed by atoms with Gasteiger partial charge < -0.3 is 5.32 Å². The number of hydrogen-bond donors (Lipinski definition) is 1. The van der Waals surface area contributed by atoms with Gasteiger partial charge in [-0.3, -0.25) is 0 Å². The molecule has 0 bridgehead atoms. The third kappa shape index (κ3) is 3.40. The summed E-state index contributed by atoms with van der Waals surface area (Å²) in [4.78, 5) is 1.24. The molecule has 82 valence electrons. The molecule has 1 saturated carbocycles. The van der Waals surface area contributed by atoms with E-state index in [0.717, 1.165) is 23.2 Å². The zero-order valence-corrected chi connectivity index (χ0v) is 10.5. The summed E-state index contributed by atoms with van der Waals surface area (Å²) < 4.78 is 0. The van der Waals surface area contributed by atoms with Crippen LogP contribution in [0.4, 0.5) is 0 Å². The largest absolute Gasteiger partial charge is 0.319 e. The molecule has 0 unspecified atom stereocenters. The SMILES string of the molecule is CNCCc1ccc(SC2CC2)c(Cl)c1.